The zero-order valence-electron chi connectivity index (χ0n) is 12.0. The predicted octanol–water partition coefficient (Wildman–Crippen LogP) is 1.67. The van der Waals surface area contributed by atoms with Crippen LogP contribution in [-0.4, -0.2) is 41.6 Å². The van der Waals surface area contributed by atoms with Crippen molar-refractivity contribution >= 4 is 27.3 Å². The Balaban J connectivity index is 2.00. The largest absolute Gasteiger partial charge is 0.340 e. The Morgan fingerprint density at radius 2 is 2.18 bits per heavy atom. The SMILES string of the molecule is CN(C(=O)c1cn(C)cn1)[C@H]1CS(=O)(=O)c2ccc(Cl)cc21. The number of aryl methyl sites for hydroxylation is 1. The van der Waals surface area contributed by atoms with Gasteiger partial charge >= 0.3 is 0 Å². The van der Waals surface area contributed by atoms with Crippen LogP contribution in [0.15, 0.2) is 35.6 Å². The van der Waals surface area contributed by atoms with Crippen molar-refractivity contribution in [3.63, 3.8) is 0 Å². The first-order valence-electron chi connectivity index (χ1n) is 6.57. The van der Waals surface area contributed by atoms with Crippen LogP contribution in [0.4, 0.5) is 0 Å². The fourth-order valence-electron chi connectivity index (χ4n) is 2.62. The molecule has 1 atom stereocenters. The number of imidazole rings is 1. The molecule has 8 heteroatoms. The zero-order chi connectivity index (χ0) is 16.1. The van der Waals surface area contributed by atoms with E-state index in [1.807, 2.05) is 0 Å². The van der Waals surface area contributed by atoms with Gasteiger partial charge in [-0.05, 0) is 23.8 Å². The van der Waals surface area contributed by atoms with Crippen molar-refractivity contribution in [1.29, 1.82) is 0 Å². The van der Waals surface area contributed by atoms with Crippen LogP contribution in [0.25, 0.3) is 0 Å². The van der Waals surface area contributed by atoms with Crippen molar-refractivity contribution in [2.45, 2.75) is 10.9 Å². The number of carbonyl (C=O) groups is 1. The Bertz CT molecular complexity index is 860. The van der Waals surface area contributed by atoms with E-state index in [9.17, 15) is 13.2 Å². The molecule has 0 unspecified atom stereocenters. The first kappa shape index (κ1) is 15.1. The van der Waals surface area contributed by atoms with Crippen molar-refractivity contribution in [3.05, 3.63) is 47.0 Å². The molecule has 2 heterocycles. The molecule has 1 amide bonds. The molecule has 6 nitrogen and oxygen atoms in total. The maximum Gasteiger partial charge on any atom is 0.274 e. The number of sulfone groups is 1. The summed E-state index contributed by atoms with van der Waals surface area (Å²) >= 11 is 5.97. The molecule has 1 aromatic carbocycles. The molecule has 3 rings (SSSR count). The minimum absolute atomic E-state index is 0.141. The van der Waals surface area contributed by atoms with Gasteiger partial charge in [-0.2, -0.15) is 0 Å². The van der Waals surface area contributed by atoms with Gasteiger partial charge in [0.25, 0.3) is 5.91 Å². The molecule has 0 saturated heterocycles. The average Bonchev–Trinajstić information content (AvgIpc) is 2.99. The first-order valence-corrected chi connectivity index (χ1v) is 8.60. The van der Waals surface area contributed by atoms with E-state index < -0.39 is 15.9 Å². The molecule has 1 aromatic heterocycles. The third kappa shape index (κ3) is 2.40. The van der Waals surface area contributed by atoms with Gasteiger partial charge in [0.15, 0.2) is 9.84 Å². The van der Waals surface area contributed by atoms with Crippen LogP contribution in [0, 0.1) is 0 Å². The highest BCUT2D eigenvalue weighted by Gasteiger charge is 2.39. The van der Waals surface area contributed by atoms with Crippen LogP contribution in [0.2, 0.25) is 5.02 Å². The predicted molar refractivity (Wildman–Crippen MR) is 81.5 cm³/mol. The third-order valence-corrected chi connectivity index (χ3v) is 5.79. The summed E-state index contributed by atoms with van der Waals surface area (Å²) in [6.07, 6.45) is 3.12. The molecule has 116 valence electrons. The molecule has 22 heavy (non-hydrogen) atoms. The normalized spacial score (nSPS) is 19.0. The quantitative estimate of drug-likeness (QED) is 0.834. The van der Waals surface area contributed by atoms with Gasteiger partial charge < -0.3 is 9.47 Å². The number of amides is 1. The highest BCUT2D eigenvalue weighted by atomic mass is 35.5. The molecule has 0 aliphatic carbocycles. The Hall–Kier alpha value is -1.86. The van der Waals surface area contributed by atoms with Crippen molar-refractivity contribution < 1.29 is 13.2 Å². The zero-order valence-corrected chi connectivity index (χ0v) is 13.6. The summed E-state index contributed by atoms with van der Waals surface area (Å²) in [5, 5.41) is 0.444. The van der Waals surface area contributed by atoms with Gasteiger partial charge in [-0.1, -0.05) is 11.6 Å². The summed E-state index contributed by atoms with van der Waals surface area (Å²) in [6.45, 7) is 0. The first-order chi connectivity index (χ1) is 10.3. The van der Waals surface area contributed by atoms with E-state index in [-0.39, 0.29) is 22.2 Å². The van der Waals surface area contributed by atoms with Gasteiger partial charge in [-0.3, -0.25) is 4.79 Å². The van der Waals surface area contributed by atoms with Crippen molar-refractivity contribution in [2.75, 3.05) is 12.8 Å². The van der Waals surface area contributed by atoms with Crippen molar-refractivity contribution in [2.24, 2.45) is 7.05 Å². The highest BCUT2D eigenvalue weighted by molar-refractivity contribution is 7.91. The van der Waals surface area contributed by atoms with E-state index in [4.69, 9.17) is 11.6 Å². The van der Waals surface area contributed by atoms with Gasteiger partial charge in [-0.25, -0.2) is 13.4 Å². The van der Waals surface area contributed by atoms with E-state index in [2.05, 4.69) is 4.98 Å². The number of hydrogen-bond acceptors (Lipinski definition) is 4. The van der Waals surface area contributed by atoms with E-state index in [1.165, 1.54) is 17.3 Å². The smallest absolute Gasteiger partial charge is 0.274 e. The van der Waals surface area contributed by atoms with Crippen LogP contribution in [-0.2, 0) is 16.9 Å². The minimum Gasteiger partial charge on any atom is -0.340 e. The van der Waals surface area contributed by atoms with Crippen molar-refractivity contribution in [3.8, 4) is 0 Å². The average molecular weight is 340 g/mol. The maximum atomic E-state index is 12.5. The molecule has 2 aromatic rings. The molecule has 0 saturated carbocycles. The lowest BCUT2D eigenvalue weighted by Crippen LogP contribution is -2.32. The monoisotopic (exact) mass is 339 g/mol. The fourth-order valence-corrected chi connectivity index (χ4v) is 4.62. The standard InChI is InChI=1S/C14H14ClN3O3S/c1-17-6-11(16-8-17)14(19)18(2)12-7-22(20,21)13-4-3-9(15)5-10(12)13/h3-6,8,12H,7H2,1-2H3/t12-/m0/s1. The van der Waals surface area contributed by atoms with Gasteiger partial charge in [0.2, 0.25) is 0 Å². The molecule has 0 radical (unpaired) electrons. The molecular formula is C14H14ClN3O3S. The second-order valence-electron chi connectivity index (χ2n) is 5.32. The third-order valence-electron chi connectivity index (χ3n) is 3.76. The molecule has 1 aliphatic heterocycles. The van der Waals surface area contributed by atoms with Gasteiger partial charge in [-0.15, -0.1) is 0 Å². The van der Waals surface area contributed by atoms with Gasteiger partial charge in [0.1, 0.15) is 5.69 Å². The number of rotatable bonds is 2. The number of nitrogens with zero attached hydrogens (tertiary/aromatic N) is 3. The topological polar surface area (TPSA) is 72.3 Å². The fraction of sp³-hybridized carbons (Fsp3) is 0.286. The molecule has 1 aliphatic rings. The lowest BCUT2D eigenvalue weighted by Gasteiger charge is -2.23. The van der Waals surface area contributed by atoms with Crippen LogP contribution in [0.3, 0.4) is 0 Å². The van der Waals surface area contributed by atoms with E-state index >= 15 is 0 Å². The van der Waals surface area contributed by atoms with Crippen LogP contribution in [0.1, 0.15) is 22.1 Å². The molecule has 0 bridgehead atoms. The molecule has 0 N–H and O–H groups in total. The second-order valence-corrected chi connectivity index (χ2v) is 7.76. The number of aromatic nitrogens is 2. The summed E-state index contributed by atoms with van der Waals surface area (Å²) in [4.78, 5) is 18.1. The van der Waals surface area contributed by atoms with Crippen molar-refractivity contribution in [1.82, 2.24) is 14.5 Å². The lowest BCUT2D eigenvalue weighted by molar-refractivity contribution is 0.0740. The van der Waals surface area contributed by atoms with Gasteiger partial charge in [0, 0.05) is 25.3 Å². The van der Waals surface area contributed by atoms with Crippen LogP contribution in [0.5, 0.6) is 0 Å². The summed E-state index contributed by atoms with van der Waals surface area (Å²) < 4.78 is 26.1. The second kappa shape index (κ2) is 5.10. The molecule has 0 spiro atoms. The lowest BCUT2D eigenvalue weighted by atomic mass is 10.1. The summed E-state index contributed by atoms with van der Waals surface area (Å²) in [7, 11) is -0.0658. The summed E-state index contributed by atoms with van der Waals surface area (Å²) in [6, 6.07) is 4.08. The molecule has 0 fully saturated rings. The van der Waals surface area contributed by atoms with E-state index in [0.29, 0.717) is 10.6 Å². The summed E-state index contributed by atoms with van der Waals surface area (Å²) in [5.41, 5.74) is 0.831. The minimum atomic E-state index is -3.41. The highest BCUT2D eigenvalue weighted by Crippen LogP contribution is 2.38. The van der Waals surface area contributed by atoms with E-state index in [0.717, 1.165) is 0 Å². The Labute approximate surface area is 133 Å². The number of carbonyl (C=O) groups excluding carboxylic acids is 1. The summed E-state index contributed by atoms with van der Waals surface area (Å²) in [5.74, 6) is -0.466. The van der Waals surface area contributed by atoms with Crippen LogP contribution >= 0.6 is 11.6 Å². The number of halogens is 1. The number of hydrogen-bond donors (Lipinski definition) is 0. The Morgan fingerprint density at radius 1 is 1.45 bits per heavy atom. The van der Waals surface area contributed by atoms with E-state index in [1.54, 1.807) is 37.0 Å². The number of fused-ring (bicyclic) bond motifs is 1. The molecular weight excluding hydrogens is 326 g/mol. The van der Waals surface area contributed by atoms with Gasteiger partial charge in [0.05, 0.1) is 23.0 Å². The number of benzene rings is 1. The van der Waals surface area contributed by atoms with Crippen LogP contribution < -0.4 is 0 Å². The maximum absolute atomic E-state index is 12.5. The Kier molecular flexibility index (Phi) is 3.49. The Morgan fingerprint density at radius 3 is 2.82 bits per heavy atom.